The first-order valence-electron chi connectivity index (χ1n) is 7.48. The molecular formula is C18H17F2NO4. The van der Waals surface area contributed by atoms with Gasteiger partial charge in [-0.1, -0.05) is 35.9 Å². The summed E-state index contributed by atoms with van der Waals surface area (Å²) in [6.07, 6.45) is 0. The van der Waals surface area contributed by atoms with Crippen LogP contribution in [-0.2, 0) is 16.1 Å². The molecule has 0 aliphatic rings. The van der Waals surface area contributed by atoms with Gasteiger partial charge in [-0.3, -0.25) is 9.59 Å². The molecule has 7 heteroatoms. The summed E-state index contributed by atoms with van der Waals surface area (Å²) in [4.78, 5) is 23.6. The lowest BCUT2D eigenvalue weighted by molar-refractivity contribution is -0.143. The van der Waals surface area contributed by atoms with Crippen molar-refractivity contribution in [2.75, 3.05) is 6.54 Å². The first-order chi connectivity index (χ1) is 11.9. The minimum absolute atomic E-state index is 0.102. The Bertz CT molecular complexity index is 749. The molecular weight excluding hydrogens is 332 g/mol. The molecule has 0 bridgehead atoms. The van der Waals surface area contributed by atoms with Gasteiger partial charge >= 0.3 is 12.6 Å². The van der Waals surface area contributed by atoms with E-state index in [1.807, 2.05) is 31.2 Å². The molecule has 0 aromatic heterocycles. The Morgan fingerprint density at radius 3 is 2.60 bits per heavy atom. The number of rotatable bonds is 7. The first-order valence-corrected chi connectivity index (χ1v) is 7.48. The molecule has 5 nitrogen and oxygen atoms in total. The van der Waals surface area contributed by atoms with Crippen molar-refractivity contribution >= 4 is 11.9 Å². The number of benzene rings is 2. The molecule has 132 valence electrons. The van der Waals surface area contributed by atoms with Gasteiger partial charge in [-0.05, 0) is 30.7 Å². The standard InChI is InChI=1S/C18H17F2NO4/c1-12-4-2-5-13(8-12)11-24-16(22)10-21-17(23)14-6-3-7-15(9-14)25-18(19)20/h2-9,18H,10-11H2,1H3,(H,21,23). The maximum Gasteiger partial charge on any atom is 0.387 e. The molecule has 0 saturated carbocycles. The van der Waals surface area contributed by atoms with Gasteiger partial charge in [0.15, 0.2) is 0 Å². The van der Waals surface area contributed by atoms with Crippen LogP contribution >= 0.6 is 0 Å². The van der Waals surface area contributed by atoms with E-state index >= 15 is 0 Å². The summed E-state index contributed by atoms with van der Waals surface area (Å²) in [5.41, 5.74) is 1.99. The Hall–Kier alpha value is -2.96. The molecule has 0 saturated heterocycles. The van der Waals surface area contributed by atoms with Crippen molar-refractivity contribution in [3.05, 3.63) is 65.2 Å². The normalized spacial score (nSPS) is 10.4. The lowest BCUT2D eigenvalue weighted by atomic mass is 10.1. The zero-order valence-corrected chi connectivity index (χ0v) is 13.5. The van der Waals surface area contributed by atoms with E-state index in [0.717, 1.165) is 11.1 Å². The van der Waals surface area contributed by atoms with Gasteiger partial charge in [0.1, 0.15) is 18.9 Å². The zero-order valence-electron chi connectivity index (χ0n) is 13.5. The molecule has 2 aromatic carbocycles. The molecule has 0 aliphatic heterocycles. The van der Waals surface area contributed by atoms with Gasteiger partial charge in [0.2, 0.25) is 0 Å². The predicted octanol–water partition coefficient (Wildman–Crippen LogP) is 3.07. The SMILES string of the molecule is Cc1cccc(COC(=O)CNC(=O)c2cccc(OC(F)F)c2)c1. The lowest BCUT2D eigenvalue weighted by Crippen LogP contribution is -2.30. The van der Waals surface area contributed by atoms with Crippen LogP contribution in [0, 0.1) is 6.92 Å². The van der Waals surface area contributed by atoms with Crippen molar-refractivity contribution in [1.29, 1.82) is 0 Å². The van der Waals surface area contributed by atoms with Crippen molar-refractivity contribution in [3.8, 4) is 5.75 Å². The Labute approximate surface area is 143 Å². The predicted molar refractivity (Wildman–Crippen MR) is 86.4 cm³/mol. The number of ether oxygens (including phenoxy) is 2. The van der Waals surface area contributed by atoms with Crippen molar-refractivity contribution in [3.63, 3.8) is 0 Å². The highest BCUT2D eigenvalue weighted by atomic mass is 19.3. The second-order valence-corrected chi connectivity index (χ2v) is 5.24. The third kappa shape index (κ3) is 6.21. The maximum absolute atomic E-state index is 12.2. The van der Waals surface area contributed by atoms with Crippen LogP contribution in [0.25, 0.3) is 0 Å². The minimum atomic E-state index is -2.98. The summed E-state index contributed by atoms with van der Waals surface area (Å²) in [6.45, 7) is -1.27. The largest absolute Gasteiger partial charge is 0.460 e. The van der Waals surface area contributed by atoms with E-state index in [1.165, 1.54) is 24.3 Å². The molecule has 0 fully saturated rings. The maximum atomic E-state index is 12.2. The number of alkyl halides is 2. The third-order valence-electron chi connectivity index (χ3n) is 3.20. The van der Waals surface area contributed by atoms with Gasteiger partial charge in [-0.15, -0.1) is 0 Å². The van der Waals surface area contributed by atoms with Crippen LogP contribution in [0.5, 0.6) is 5.75 Å². The van der Waals surface area contributed by atoms with Gasteiger partial charge in [0, 0.05) is 5.56 Å². The van der Waals surface area contributed by atoms with Gasteiger partial charge in [-0.25, -0.2) is 0 Å². The molecule has 1 amide bonds. The van der Waals surface area contributed by atoms with Crippen LogP contribution in [0.4, 0.5) is 8.78 Å². The van der Waals surface area contributed by atoms with Gasteiger partial charge in [-0.2, -0.15) is 8.78 Å². The third-order valence-corrected chi connectivity index (χ3v) is 3.20. The summed E-state index contributed by atoms with van der Waals surface area (Å²) in [5, 5.41) is 2.37. The number of amides is 1. The molecule has 0 spiro atoms. The van der Waals surface area contributed by atoms with Gasteiger partial charge in [0.25, 0.3) is 5.91 Å². The van der Waals surface area contributed by atoms with E-state index in [9.17, 15) is 18.4 Å². The van der Waals surface area contributed by atoms with E-state index < -0.39 is 18.5 Å². The quantitative estimate of drug-likeness (QED) is 0.781. The molecule has 2 rings (SSSR count). The molecule has 0 unspecified atom stereocenters. The molecule has 0 heterocycles. The summed E-state index contributed by atoms with van der Waals surface area (Å²) in [6, 6.07) is 12.8. The molecule has 2 aromatic rings. The number of hydrogen-bond donors (Lipinski definition) is 1. The average Bonchev–Trinajstić information content (AvgIpc) is 2.57. The highest BCUT2D eigenvalue weighted by Crippen LogP contribution is 2.15. The average molecular weight is 349 g/mol. The first kappa shape index (κ1) is 18.4. The fourth-order valence-corrected chi connectivity index (χ4v) is 2.08. The molecule has 25 heavy (non-hydrogen) atoms. The zero-order chi connectivity index (χ0) is 18.2. The Morgan fingerprint density at radius 1 is 1.12 bits per heavy atom. The smallest absolute Gasteiger partial charge is 0.387 e. The van der Waals surface area contributed by atoms with Gasteiger partial charge < -0.3 is 14.8 Å². The van der Waals surface area contributed by atoms with Crippen molar-refractivity contribution < 1.29 is 27.8 Å². The number of esters is 1. The summed E-state index contributed by atoms with van der Waals surface area (Å²) >= 11 is 0. The number of hydrogen-bond acceptors (Lipinski definition) is 4. The highest BCUT2D eigenvalue weighted by Gasteiger charge is 2.11. The number of nitrogens with one attached hydrogen (secondary N) is 1. The van der Waals surface area contributed by atoms with E-state index in [2.05, 4.69) is 10.1 Å². The number of halogens is 2. The summed E-state index contributed by atoms with van der Waals surface area (Å²) < 4.78 is 33.6. The second kappa shape index (κ2) is 8.77. The van der Waals surface area contributed by atoms with Crippen LogP contribution in [0.1, 0.15) is 21.5 Å². The number of aryl methyl sites for hydroxylation is 1. The fraction of sp³-hybridized carbons (Fsp3) is 0.222. The number of carbonyl (C=O) groups is 2. The Morgan fingerprint density at radius 2 is 1.88 bits per heavy atom. The summed E-state index contributed by atoms with van der Waals surface area (Å²) in [5.74, 6) is -1.33. The highest BCUT2D eigenvalue weighted by molar-refractivity contribution is 5.96. The number of carbonyl (C=O) groups excluding carboxylic acids is 2. The second-order valence-electron chi connectivity index (χ2n) is 5.24. The van der Waals surface area contributed by atoms with Crippen molar-refractivity contribution in [2.45, 2.75) is 20.1 Å². The molecule has 0 radical (unpaired) electrons. The van der Waals surface area contributed by atoms with Crippen LogP contribution in [-0.4, -0.2) is 25.0 Å². The van der Waals surface area contributed by atoms with E-state index in [0.29, 0.717) is 0 Å². The molecule has 0 atom stereocenters. The van der Waals surface area contributed by atoms with E-state index in [1.54, 1.807) is 0 Å². The van der Waals surface area contributed by atoms with E-state index in [-0.39, 0.29) is 24.5 Å². The van der Waals surface area contributed by atoms with Crippen molar-refractivity contribution in [2.24, 2.45) is 0 Å². The Kier molecular flexibility index (Phi) is 6.45. The van der Waals surface area contributed by atoms with Crippen LogP contribution < -0.4 is 10.1 Å². The van der Waals surface area contributed by atoms with Crippen LogP contribution in [0.2, 0.25) is 0 Å². The monoisotopic (exact) mass is 349 g/mol. The van der Waals surface area contributed by atoms with Crippen LogP contribution in [0.3, 0.4) is 0 Å². The topological polar surface area (TPSA) is 64.6 Å². The molecule has 1 N–H and O–H groups in total. The Balaban J connectivity index is 1.82. The fourth-order valence-electron chi connectivity index (χ4n) is 2.08. The summed E-state index contributed by atoms with van der Waals surface area (Å²) in [7, 11) is 0. The van der Waals surface area contributed by atoms with Gasteiger partial charge in [0.05, 0.1) is 0 Å². The van der Waals surface area contributed by atoms with E-state index in [4.69, 9.17) is 4.74 Å². The van der Waals surface area contributed by atoms with Crippen LogP contribution in [0.15, 0.2) is 48.5 Å². The molecule has 0 aliphatic carbocycles. The van der Waals surface area contributed by atoms with Crippen molar-refractivity contribution in [1.82, 2.24) is 5.32 Å². The minimum Gasteiger partial charge on any atom is -0.460 e. The lowest BCUT2D eigenvalue weighted by Gasteiger charge is -2.08.